The van der Waals surface area contributed by atoms with Crippen molar-refractivity contribution in [2.24, 2.45) is 5.92 Å². The lowest BCUT2D eigenvalue weighted by atomic mass is 10.1. The number of carbonyl (C=O) groups excluding carboxylic acids is 1. The first kappa shape index (κ1) is 17.0. The van der Waals surface area contributed by atoms with Crippen LogP contribution in [0.25, 0.3) is 0 Å². The molecule has 0 saturated carbocycles. The molecule has 128 valence electrons. The zero-order valence-electron chi connectivity index (χ0n) is 13.8. The van der Waals surface area contributed by atoms with Crippen molar-refractivity contribution in [3.63, 3.8) is 0 Å². The van der Waals surface area contributed by atoms with Crippen LogP contribution in [0, 0.1) is 11.7 Å². The number of rotatable bonds is 4. The monoisotopic (exact) mass is 350 g/mol. The minimum atomic E-state index is -0.601. The van der Waals surface area contributed by atoms with E-state index in [0.717, 1.165) is 24.3 Å². The number of hydrogen-bond donors (Lipinski definition) is 0. The van der Waals surface area contributed by atoms with Crippen molar-refractivity contribution in [3.8, 4) is 0 Å². The molecule has 4 nitrogen and oxygen atoms in total. The molecule has 3 rings (SSSR count). The lowest BCUT2D eigenvalue weighted by molar-refractivity contribution is 0.0723. The van der Waals surface area contributed by atoms with Gasteiger partial charge in [-0.2, -0.15) is 0 Å². The third-order valence-corrected chi connectivity index (χ3v) is 4.49. The van der Waals surface area contributed by atoms with Gasteiger partial charge in [0, 0.05) is 19.4 Å². The van der Waals surface area contributed by atoms with Gasteiger partial charge in [-0.3, -0.25) is 4.79 Å². The van der Waals surface area contributed by atoms with Crippen LogP contribution >= 0.6 is 11.6 Å². The summed E-state index contributed by atoms with van der Waals surface area (Å²) in [5.41, 5.74) is 0.687. The van der Waals surface area contributed by atoms with Crippen LogP contribution in [0.1, 0.15) is 48.0 Å². The van der Waals surface area contributed by atoms with E-state index in [-0.39, 0.29) is 10.6 Å². The van der Waals surface area contributed by atoms with Gasteiger partial charge in [0.05, 0.1) is 17.1 Å². The Morgan fingerprint density at radius 1 is 1.46 bits per heavy atom. The maximum absolute atomic E-state index is 14.0. The zero-order valence-corrected chi connectivity index (χ0v) is 14.6. The summed E-state index contributed by atoms with van der Waals surface area (Å²) in [5.74, 6) is 1.12. The molecule has 2 heterocycles. The van der Waals surface area contributed by atoms with Crippen molar-refractivity contribution in [3.05, 3.63) is 51.9 Å². The molecule has 1 aromatic carbocycles. The first-order chi connectivity index (χ1) is 11.5. The molecule has 0 radical (unpaired) electrons. The summed E-state index contributed by atoms with van der Waals surface area (Å²) in [7, 11) is 0. The van der Waals surface area contributed by atoms with Gasteiger partial charge in [0.25, 0.3) is 5.91 Å². The van der Waals surface area contributed by atoms with Gasteiger partial charge in [0.2, 0.25) is 0 Å². The topological polar surface area (TPSA) is 46.3 Å². The fourth-order valence-corrected chi connectivity index (χ4v) is 3.05. The largest absolute Gasteiger partial charge is 0.445 e. The van der Waals surface area contributed by atoms with Crippen molar-refractivity contribution in [2.75, 3.05) is 6.54 Å². The number of benzene rings is 1. The van der Waals surface area contributed by atoms with Crippen molar-refractivity contribution >= 4 is 17.5 Å². The van der Waals surface area contributed by atoms with E-state index in [9.17, 15) is 9.18 Å². The molecule has 1 aromatic heterocycles. The number of hydrogen-bond acceptors (Lipinski definition) is 3. The Hall–Kier alpha value is -1.88. The molecule has 0 atom stereocenters. The Morgan fingerprint density at radius 3 is 2.96 bits per heavy atom. The summed E-state index contributed by atoms with van der Waals surface area (Å²) in [6.45, 7) is 5.10. The molecular formula is C18H20ClFN2O2. The second kappa shape index (κ2) is 6.93. The van der Waals surface area contributed by atoms with Crippen LogP contribution in [0.3, 0.4) is 0 Å². The highest BCUT2D eigenvalue weighted by Gasteiger charge is 2.28. The number of carbonyl (C=O) groups is 1. The SMILES string of the molecule is CC(C)CCc1nc2c(o1)CCN(C(=O)c1c(F)cccc1Cl)C2. The molecule has 0 spiro atoms. The standard InChI is InChI=1S/C18H20ClFN2O2/c1-11(2)6-7-16-21-14-10-22(9-8-15(14)24-16)18(23)17-12(19)4-3-5-13(17)20/h3-5,11H,6-10H2,1-2H3. The fourth-order valence-electron chi connectivity index (χ4n) is 2.80. The minimum absolute atomic E-state index is 0.0776. The van der Waals surface area contributed by atoms with Crippen LogP contribution < -0.4 is 0 Å². The van der Waals surface area contributed by atoms with E-state index in [0.29, 0.717) is 31.3 Å². The number of aromatic nitrogens is 1. The lowest BCUT2D eigenvalue weighted by Gasteiger charge is -2.25. The Balaban J connectivity index is 1.76. The van der Waals surface area contributed by atoms with Gasteiger partial charge in [0.1, 0.15) is 17.3 Å². The van der Waals surface area contributed by atoms with Gasteiger partial charge in [-0.05, 0) is 24.5 Å². The summed E-state index contributed by atoms with van der Waals surface area (Å²) < 4.78 is 19.8. The van der Waals surface area contributed by atoms with Gasteiger partial charge in [0.15, 0.2) is 5.89 Å². The molecule has 1 amide bonds. The maximum Gasteiger partial charge on any atom is 0.258 e. The fraction of sp³-hybridized carbons (Fsp3) is 0.444. The van der Waals surface area contributed by atoms with E-state index in [2.05, 4.69) is 18.8 Å². The van der Waals surface area contributed by atoms with Gasteiger partial charge >= 0.3 is 0 Å². The highest BCUT2D eigenvalue weighted by Crippen LogP contribution is 2.26. The van der Waals surface area contributed by atoms with Gasteiger partial charge in [-0.25, -0.2) is 9.37 Å². The first-order valence-electron chi connectivity index (χ1n) is 8.16. The zero-order chi connectivity index (χ0) is 17.3. The van der Waals surface area contributed by atoms with Crippen molar-refractivity contribution in [2.45, 2.75) is 39.7 Å². The third-order valence-electron chi connectivity index (χ3n) is 4.17. The quantitative estimate of drug-likeness (QED) is 0.828. The van der Waals surface area contributed by atoms with Gasteiger partial charge < -0.3 is 9.32 Å². The Morgan fingerprint density at radius 2 is 2.25 bits per heavy atom. The van der Waals surface area contributed by atoms with E-state index in [4.69, 9.17) is 16.0 Å². The first-order valence-corrected chi connectivity index (χ1v) is 8.54. The van der Waals surface area contributed by atoms with Gasteiger partial charge in [-0.15, -0.1) is 0 Å². The number of halogens is 2. The molecule has 2 aromatic rings. The van der Waals surface area contributed by atoms with Crippen LogP contribution in [-0.4, -0.2) is 22.3 Å². The van der Waals surface area contributed by atoms with E-state index < -0.39 is 11.7 Å². The Kier molecular flexibility index (Phi) is 4.90. The van der Waals surface area contributed by atoms with E-state index in [1.54, 1.807) is 4.90 Å². The number of aryl methyl sites for hydroxylation is 1. The molecule has 0 N–H and O–H groups in total. The predicted octanol–water partition coefficient (Wildman–Crippen LogP) is 4.25. The van der Waals surface area contributed by atoms with Crippen molar-refractivity contribution in [1.29, 1.82) is 0 Å². The third kappa shape index (κ3) is 3.46. The van der Waals surface area contributed by atoms with Crippen LogP contribution in [0.15, 0.2) is 22.6 Å². The minimum Gasteiger partial charge on any atom is -0.445 e. The predicted molar refractivity (Wildman–Crippen MR) is 89.5 cm³/mol. The molecule has 0 unspecified atom stereocenters. The Labute approximate surface area is 145 Å². The molecule has 0 bridgehead atoms. The molecule has 6 heteroatoms. The number of amides is 1. The van der Waals surface area contributed by atoms with Gasteiger partial charge in [-0.1, -0.05) is 31.5 Å². The molecule has 1 aliphatic rings. The number of oxazole rings is 1. The second-order valence-corrected chi connectivity index (χ2v) is 6.89. The molecule has 0 fully saturated rings. The Bertz CT molecular complexity index is 737. The normalized spacial score (nSPS) is 14.1. The van der Waals surface area contributed by atoms with E-state index in [1.807, 2.05) is 0 Å². The van der Waals surface area contributed by atoms with Crippen molar-refractivity contribution < 1.29 is 13.6 Å². The highest BCUT2D eigenvalue weighted by molar-refractivity contribution is 6.33. The highest BCUT2D eigenvalue weighted by atomic mass is 35.5. The van der Waals surface area contributed by atoms with Crippen molar-refractivity contribution in [1.82, 2.24) is 9.88 Å². The summed E-state index contributed by atoms with van der Waals surface area (Å²) in [6.07, 6.45) is 2.38. The van der Waals surface area contributed by atoms with E-state index in [1.165, 1.54) is 18.2 Å². The summed E-state index contributed by atoms with van der Waals surface area (Å²) in [6, 6.07) is 4.25. The average molecular weight is 351 g/mol. The van der Waals surface area contributed by atoms with Crippen LogP contribution in [0.2, 0.25) is 5.02 Å². The molecular weight excluding hydrogens is 331 g/mol. The number of fused-ring (bicyclic) bond motifs is 1. The van der Waals surface area contributed by atoms with E-state index >= 15 is 0 Å². The summed E-state index contributed by atoms with van der Waals surface area (Å²) in [4.78, 5) is 18.7. The van der Waals surface area contributed by atoms with Crippen LogP contribution in [0.5, 0.6) is 0 Å². The molecule has 0 aliphatic carbocycles. The van der Waals surface area contributed by atoms with Crippen LogP contribution in [-0.2, 0) is 19.4 Å². The summed E-state index contributed by atoms with van der Waals surface area (Å²) in [5, 5.41) is 0.128. The van der Waals surface area contributed by atoms with Crippen LogP contribution in [0.4, 0.5) is 4.39 Å². The molecule has 24 heavy (non-hydrogen) atoms. The molecule has 0 saturated heterocycles. The number of nitrogens with zero attached hydrogens (tertiary/aromatic N) is 2. The lowest BCUT2D eigenvalue weighted by Crippen LogP contribution is -2.36. The smallest absolute Gasteiger partial charge is 0.258 e. The second-order valence-electron chi connectivity index (χ2n) is 6.48. The average Bonchev–Trinajstić information content (AvgIpc) is 2.94. The molecule has 1 aliphatic heterocycles. The summed E-state index contributed by atoms with van der Waals surface area (Å²) >= 11 is 6.00. The maximum atomic E-state index is 14.0.